The summed E-state index contributed by atoms with van der Waals surface area (Å²) in [5.74, 6) is 5.07. The Kier molecular flexibility index (Phi) is 5.52. The van der Waals surface area contributed by atoms with Crippen molar-refractivity contribution in [3.8, 4) is 6.07 Å². The van der Waals surface area contributed by atoms with Gasteiger partial charge in [-0.15, -0.1) is 0 Å². The van der Waals surface area contributed by atoms with Gasteiger partial charge in [-0.25, -0.2) is 10.6 Å². The molecule has 2 amide bonds. The number of nitriles is 1. The smallest absolute Gasteiger partial charge is 0.311 e. The van der Waals surface area contributed by atoms with Crippen LogP contribution in [0.25, 0.3) is 0 Å². The highest BCUT2D eigenvalue weighted by atomic mass is 16.2. The summed E-state index contributed by atoms with van der Waals surface area (Å²) in [6.07, 6.45) is 4.96. The number of rotatable bonds is 4. The minimum atomic E-state index is -0.661. The van der Waals surface area contributed by atoms with Crippen LogP contribution in [-0.4, -0.2) is 17.7 Å². The molecule has 18 heavy (non-hydrogen) atoms. The highest BCUT2D eigenvalue weighted by Gasteiger charge is 2.33. The van der Waals surface area contributed by atoms with Crippen LogP contribution in [-0.2, 0) is 0 Å². The molecule has 0 aliphatic heterocycles. The number of carbonyl (C=O) groups is 1. The fourth-order valence-corrected chi connectivity index (χ4v) is 2.02. The van der Waals surface area contributed by atoms with Gasteiger partial charge in [-0.2, -0.15) is 15.5 Å². The van der Waals surface area contributed by atoms with Gasteiger partial charge in [0.05, 0.1) is 18.5 Å². The normalized spacial score (nSPS) is 20.1. The second-order valence-electron chi connectivity index (χ2n) is 4.62. The monoisotopic (exact) mass is 252 g/mol. The Morgan fingerprint density at radius 2 is 2.17 bits per heavy atom. The number of hydrogen-bond donors (Lipinski definition) is 3. The molecule has 100 valence electrons. The van der Waals surface area contributed by atoms with Crippen molar-refractivity contribution in [3.63, 3.8) is 0 Å². The minimum Gasteiger partial charge on any atom is -0.311 e. The van der Waals surface area contributed by atoms with Gasteiger partial charge >= 0.3 is 6.03 Å². The van der Waals surface area contributed by atoms with Crippen molar-refractivity contribution in [3.05, 3.63) is 0 Å². The number of hydrazine groups is 1. The molecule has 1 aliphatic rings. The molecule has 0 bridgehead atoms. The first-order chi connectivity index (χ1) is 8.62. The van der Waals surface area contributed by atoms with Gasteiger partial charge < -0.3 is 5.32 Å². The van der Waals surface area contributed by atoms with Crippen LogP contribution in [0.4, 0.5) is 4.79 Å². The molecule has 0 aromatic rings. The molecule has 7 heteroatoms. The lowest BCUT2D eigenvalue weighted by molar-refractivity contribution is 0.201. The summed E-state index contributed by atoms with van der Waals surface area (Å²) < 4.78 is 0. The topological polar surface area (TPSA) is 116 Å². The average Bonchev–Trinajstić information content (AvgIpc) is 2.38. The predicted octanol–water partition coefficient (Wildman–Crippen LogP) is 1.57. The third-order valence-electron chi connectivity index (χ3n) is 2.99. The lowest BCUT2D eigenvalue weighted by Gasteiger charge is -2.33. The van der Waals surface area contributed by atoms with Gasteiger partial charge in [0, 0.05) is 0 Å². The summed E-state index contributed by atoms with van der Waals surface area (Å²) in [6.45, 7) is 1.83. The highest BCUT2D eigenvalue weighted by Crippen LogP contribution is 2.30. The van der Waals surface area contributed by atoms with Crippen molar-refractivity contribution in [1.82, 2.24) is 10.7 Å². The van der Waals surface area contributed by atoms with Crippen LogP contribution in [0.15, 0.2) is 10.2 Å². The minimum absolute atomic E-state index is 0.156. The summed E-state index contributed by atoms with van der Waals surface area (Å²) in [6, 6.07) is 1.44. The third kappa shape index (κ3) is 4.30. The number of nitrogens with one attached hydrogen (secondary N) is 2. The predicted molar refractivity (Wildman–Crippen MR) is 66.2 cm³/mol. The van der Waals surface area contributed by atoms with Crippen LogP contribution in [0.2, 0.25) is 0 Å². The number of azo groups is 1. The molecule has 0 radical (unpaired) electrons. The lowest BCUT2D eigenvalue weighted by Crippen LogP contribution is -2.53. The molecule has 1 aliphatic carbocycles. The van der Waals surface area contributed by atoms with Crippen LogP contribution in [0, 0.1) is 11.3 Å². The third-order valence-corrected chi connectivity index (χ3v) is 2.99. The molecule has 1 saturated carbocycles. The molecule has 1 rings (SSSR count). The van der Waals surface area contributed by atoms with Crippen molar-refractivity contribution < 1.29 is 4.79 Å². The Hall–Kier alpha value is -1.68. The summed E-state index contributed by atoms with van der Waals surface area (Å²) >= 11 is 0. The maximum absolute atomic E-state index is 11.4. The summed E-state index contributed by atoms with van der Waals surface area (Å²) in [4.78, 5) is 11.4. The van der Waals surface area contributed by atoms with Crippen LogP contribution >= 0.6 is 0 Å². The first kappa shape index (κ1) is 14.4. The molecule has 0 aromatic heterocycles. The van der Waals surface area contributed by atoms with Crippen molar-refractivity contribution in [1.29, 1.82) is 5.26 Å². The maximum atomic E-state index is 11.4. The molecule has 1 atom stereocenters. The maximum Gasteiger partial charge on any atom is 0.330 e. The zero-order valence-electron chi connectivity index (χ0n) is 10.6. The van der Waals surface area contributed by atoms with Gasteiger partial charge in [-0.3, -0.25) is 5.43 Å². The Morgan fingerprint density at radius 3 is 2.72 bits per heavy atom. The summed E-state index contributed by atoms with van der Waals surface area (Å²) in [7, 11) is 0. The molecule has 0 aromatic carbocycles. The quantitative estimate of drug-likeness (QED) is 0.305. The van der Waals surface area contributed by atoms with E-state index in [0.717, 1.165) is 32.1 Å². The van der Waals surface area contributed by atoms with Crippen LogP contribution < -0.4 is 16.6 Å². The SMILES string of the molecule is CC(CC#N)N=NC1(NC(=O)NN)CCCCC1. The van der Waals surface area contributed by atoms with E-state index in [1.54, 1.807) is 0 Å². The number of amides is 2. The number of urea groups is 1. The van der Waals surface area contributed by atoms with Crippen LogP contribution in [0.5, 0.6) is 0 Å². The Balaban J connectivity index is 2.71. The largest absolute Gasteiger partial charge is 0.330 e. The number of nitrogens with zero attached hydrogens (tertiary/aromatic N) is 3. The van der Waals surface area contributed by atoms with Crippen molar-refractivity contribution in [2.45, 2.75) is 57.2 Å². The van der Waals surface area contributed by atoms with Crippen molar-refractivity contribution in [2.75, 3.05) is 0 Å². The molecule has 0 spiro atoms. The van der Waals surface area contributed by atoms with Gasteiger partial charge in [0.15, 0.2) is 5.66 Å². The summed E-state index contributed by atoms with van der Waals surface area (Å²) in [5.41, 5.74) is 1.38. The summed E-state index contributed by atoms with van der Waals surface area (Å²) in [5, 5.41) is 19.7. The number of carbonyl (C=O) groups excluding carboxylic acids is 1. The molecular formula is C11H20N6O. The lowest BCUT2D eigenvalue weighted by atomic mass is 9.90. The molecule has 0 saturated heterocycles. The van der Waals surface area contributed by atoms with Gasteiger partial charge in [0.25, 0.3) is 0 Å². The molecular weight excluding hydrogens is 232 g/mol. The van der Waals surface area contributed by atoms with Gasteiger partial charge in [0.1, 0.15) is 0 Å². The van der Waals surface area contributed by atoms with Gasteiger partial charge in [-0.1, -0.05) is 6.42 Å². The van der Waals surface area contributed by atoms with E-state index in [4.69, 9.17) is 11.1 Å². The van der Waals surface area contributed by atoms with Gasteiger partial charge in [0.2, 0.25) is 0 Å². The molecule has 1 fully saturated rings. The fraction of sp³-hybridized carbons (Fsp3) is 0.818. The van der Waals surface area contributed by atoms with Crippen molar-refractivity contribution in [2.24, 2.45) is 16.1 Å². The van der Waals surface area contributed by atoms with Crippen molar-refractivity contribution >= 4 is 6.03 Å². The van der Waals surface area contributed by atoms with Crippen LogP contribution in [0.1, 0.15) is 45.4 Å². The van der Waals surface area contributed by atoms with E-state index in [-0.39, 0.29) is 6.04 Å². The van der Waals surface area contributed by atoms with Crippen LogP contribution in [0.3, 0.4) is 0 Å². The zero-order chi connectivity index (χ0) is 13.4. The molecule has 1 unspecified atom stereocenters. The average molecular weight is 252 g/mol. The first-order valence-electron chi connectivity index (χ1n) is 6.19. The highest BCUT2D eigenvalue weighted by molar-refractivity contribution is 5.74. The first-order valence-corrected chi connectivity index (χ1v) is 6.19. The van der Waals surface area contributed by atoms with E-state index in [1.807, 2.05) is 18.4 Å². The van der Waals surface area contributed by atoms with E-state index in [2.05, 4.69) is 15.5 Å². The van der Waals surface area contributed by atoms with E-state index in [0.29, 0.717) is 6.42 Å². The Labute approximate surface area is 107 Å². The van der Waals surface area contributed by atoms with E-state index in [9.17, 15) is 4.79 Å². The molecule has 7 nitrogen and oxygen atoms in total. The van der Waals surface area contributed by atoms with E-state index >= 15 is 0 Å². The van der Waals surface area contributed by atoms with Gasteiger partial charge in [-0.05, 0) is 32.6 Å². The molecule has 0 heterocycles. The second-order valence-corrected chi connectivity index (χ2v) is 4.62. The molecule has 4 N–H and O–H groups in total. The van der Waals surface area contributed by atoms with E-state index in [1.165, 1.54) is 0 Å². The zero-order valence-corrected chi connectivity index (χ0v) is 10.6. The Morgan fingerprint density at radius 1 is 1.50 bits per heavy atom. The van der Waals surface area contributed by atoms with E-state index < -0.39 is 11.7 Å². The fourth-order valence-electron chi connectivity index (χ4n) is 2.02. The second kappa shape index (κ2) is 6.91. The number of nitrogens with two attached hydrogens (primary N) is 1. The number of hydrogen-bond acceptors (Lipinski definition) is 5. The standard InChI is InChI=1S/C11H20N6O/c1-9(5-8-12)16-17-11(14-10(18)15-13)6-3-2-4-7-11/h9H,2-7,13H2,1H3,(H2,14,15,18). The Bertz CT molecular complexity index is 342.